The van der Waals surface area contributed by atoms with Gasteiger partial charge in [-0.25, -0.2) is 4.79 Å². The van der Waals surface area contributed by atoms with Gasteiger partial charge in [0, 0.05) is 5.56 Å². The van der Waals surface area contributed by atoms with Crippen molar-refractivity contribution in [3.05, 3.63) is 29.3 Å². The molecule has 0 heterocycles. The third-order valence-electron chi connectivity index (χ3n) is 2.36. The predicted octanol–water partition coefficient (Wildman–Crippen LogP) is 2.29. The first-order valence-electron chi connectivity index (χ1n) is 5.82. The molecule has 6 nitrogen and oxygen atoms in total. The number of ketones is 1. The van der Waals surface area contributed by atoms with Gasteiger partial charge in [-0.15, -0.1) is 0 Å². The lowest BCUT2D eigenvalue weighted by atomic mass is 10.1. The number of carbonyl (C=O) groups excluding carboxylic acids is 2. The van der Waals surface area contributed by atoms with Gasteiger partial charge in [0.05, 0.1) is 6.61 Å². The van der Waals surface area contributed by atoms with E-state index in [1.807, 2.05) is 0 Å². The largest absolute Gasteiger partial charge is 0.534 e. The summed E-state index contributed by atoms with van der Waals surface area (Å²) in [5.41, 5.74) is -6.26. The topological polar surface area (TPSA) is 86.7 Å². The van der Waals surface area contributed by atoms with Crippen LogP contribution in [0.5, 0.6) is 5.75 Å². The van der Waals surface area contributed by atoms with Crippen molar-refractivity contribution in [2.24, 2.45) is 0 Å². The summed E-state index contributed by atoms with van der Waals surface area (Å²) < 4.78 is 67.5. The van der Waals surface area contributed by atoms with E-state index in [2.05, 4.69) is 8.92 Å². The van der Waals surface area contributed by atoms with Gasteiger partial charge in [-0.1, -0.05) is 0 Å². The van der Waals surface area contributed by atoms with Crippen molar-refractivity contribution in [3.8, 4) is 5.75 Å². The second-order valence-electron chi connectivity index (χ2n) is 3.97. The summed E-state index contributed by atoms with van der Waals surface area (Å²) in [4.78, 5) is 22.9. The molecule has 1 aromatic rings. The van der Waals surface area contributed by atoms with Gasteiger partial charge in [0.25, 0.3) is 0 Å². The standard InChI is InChI=1S/C12H11F3O6S/c1-3-20-11(17)9-6-8(7(2)16)4-5-10(9)21-22(18,19)12(13,14)15/h4-6H,3H2,1-2H3. The van der Waals surface area contributed by atoms with E-state index in [4.69, 9.17) is 0 Å². The number of esters is 1. The predicted molar refractivity (Wildman–Crippen MR) is 68.0 cm³/mol. The molecule has 22 heavy (non-hydrogen) atoms. The molecule has 0 aliphatic carbocycles. The molecule has 0 aliphatic rings. The van der Waals surface area contributed by atoms with E-state index in [0.717, 1.165) is 25.1 Å². The van der Waals surface area contributed by atoms with Crippen LogP contribution in [-0.2, 0) is 14.9 Å². The lowest BCUT2D eigenvalue weighted by molar-refractivity contribution is -0.0500. The van der Waals surface area contributed by atoms with Gasteiger partial charge < -0.3 is 8.92 Å². The van der Waals surface area contributed by atoms with Crippen LogP contribution in [0.25, 0.3) is 0 Å². The van der Waals surface area contributed by atoms with Crippen LogP contribution in [0.3, 0.4) is 0 Å². The van der Waals surface area contributed by atoms with Crippen LogP contribution in [0.2, 0.25) is 0 Å². The Labute approximate surface area is 124 Å². The van der Waals surface area contributed by atoms with Crippen molar-refractivity contribution < 1.29 is 40.1 Å². The molecule has 0 bridgehead atoms. The van der Waals surface area contributed by atoms with Crippen LogP contribution >= 0.6 is 0 Å². The molecule has 0 aliphatic heterocycles. The van der Waals surface area contributed by atoms with Crippen LogP contribution in [0, 0.1) is 0 Å². The normalized spacial score (nSPS) is 11.9. The minimum Gasteiger partial charge on any atom is -0.462 e. The summed E-state index contributed by atoms with van der Waals surface area (Å²) in [5, 5.41) is 0. The Morgan fingerprint density at radius 1 is 1.23 bits per heavy atom. The third-order valence-corrected chi connectivity index (χ3v) is 3.33. The highest BCUT2D eigenvalue weighted by molar-refractivity contribution is 7.88. The van der Waals surface area contributed by atoms with E-state index >= 15 is 0 Å². The molecular formula is C12H11F3O6S. The number of hydrogen-bond acceptors (Lipinski definition) is 6. The smallest absolute Gasteiger partial charge is 0.462 e. The summed E-state index contributed by atoms with van der Waals surface area (Å²) in [7, 11) is -5.95. The van der Waals surface area contributed by atoms with Crippen molar-refractivity contribution in [3.63, 3.8) is 0 Å². The van der Waals surface area contributed by atoms with Gasteiger partial charge in [0.2, 0.25) is 0 Å². The van der Waals surface area contributed by atoms with E-state index < -0.39 is 38.7 Å². The van der Waals surface area contributed by atoms with E-state index in [9.17, 15) is 31.2 Å². The summed E-state index contributed by atoms with van der Waals surface area (Å²) >= 11 is 0. The quantitative estimate of drug-likeness (QED) is 0.354. The molecule has 0 spiro atoms. The fourth-order valence-corrected chi connectivity index (χ4v) is 1.83. The second-order valence-corrected chi connectivity index (χ2v) is 5.51. The number of benzene rings is 1. The molecule has 10 heteroatoms. The Morgan fingerprint density at radius 2 is 1.82 bits per heavy atom. The molecule has 1 aromatic carbocycles. The maximum Gasteiger partial charge on any atom is 0.534 e. The molecule has 0 radical (unpaired) electrons. The van der Waals surface area contributed by atoms with E-state index in [1.165, 1.54) is 6.92 Å². The molecule has 1 rings (SSSR count). The van der Waals surface area contributed by atoms with Crippen LogP contribution in [0.4, 0.5) is 13.2 Å². The highest BCUT2D eigenvalue weighted by Crippen LogP contribution is 2.30. The molecule has 0 amide bonds. The van der Waals surface area contributed by atoms with Gasteiger partial charge in [0.1, 0.15) is 5.56 Å². The number of rotatable bonds is 5. The third kappa shape index (κ3) is 3.97. The molecule has 0 unspecified atom stereocenters. The number of carbonyl (C=O) groups is 2. The lowest BCUT2D eigenvalue weighted by Crippen LogP contribution is -2.28. The van der Waals surface area contributed by atoms with Gasteiger partial charge >= 0.3 is 21.6 Å². The van der Waals surface area contributed by atoms with Gasteiger partial charge in [-0.3, -0.25) is 4.79 Å². The maximum absolute atomic E-state index is 12.3. The van der Waals surface area contributed by atoms with E-state index in [1.54, 1.807) is 0 Å². The van der Waals surface area contributed by atoms with Gasteiger partial charge in [0.15, 0.2) is 11.5 Å². The van der Waals surface area contributed by atoms with E-state index in [0.29, 0.717) is 0 Å². The summed E-state index contributed by atoms with van der Waals surface area (Å²) in [6, 6.07) is 2.72. The Kier molecular flexibility index (Phi) is 5.17. The fourth-order valence-electron chi connectivity index (χ4n) is 1.36. The molecule has 0 N–H and O–H groups in total. The van der Waals surface area contributed by atoms with Crippen molar-refractivity contribution in [2.75, 3.05) is 6.61 Å². The Bertz CT molecular complexity index is 693. The number of Topliss-reactive ketones (excluding diaryl/α,β-unsaturated/α-hetero) is 1. The maximum atomic E-state index is 12.3. The number of hydrogen-bond donors (Lipinski definition) is 0. The molecule has 0 saturated carbocycles. The summed E-state index contributed by atoms with van der Waals surface area (Å²) in [6.07, 6.45) is 0. The Morgan fingerprint density at radius 3 is 2.27 bits per heavy atom. The zero-order valence-electron chi connectivity index (χ0n) is 11.4. The van der Waals surface area contributed by atoms with Crippen LogP contribution in [-0.4, -0.2) is 32.3 Å². The SMILES string of the molecule is CCOC(=O)c1cc(C(C)=O)ccc1OS(=O)(=O)C(F)(F)F. The van der Waals surface area contributed by atoms with E-state index in [-0.39, 0.29) is 12.2 Å². The summed E-state index contributed by atoms with van der Waals surface area (Å²) in [5.74, 6) is -2.46. The molecule has 0 saturated heterocycles. The monoisotopic (exact) mass is 340 g/mol. The lowest BCUT2D eigenvalue weighted by Gasteiger charge is -2.13. The molecule has 0 atom stereocenters. The second kappa shape index (κ2) is 6.34. The molecule has 0 fully saturated rings. The number of halogens is 3. The fraction of sp³-hybridized carbons (Fsp3) is 0.333. The average molecular weight is 340 g/mol. The Hall–Kier alpha value is -2.10. The first kappa shape index (κ1) is 18.0. The summed E-state index contributed by atoms with van der Waals surface area (Å²) in [6.45, 7) is 2.51. The zero-order chi connectivity index (χ0) is 17.1. The van der Waals surface area contributed by atoms with Crippen LogP contribution in [0.15, 0.2) is 18.2 Å². The van der Waals surface area contributed by atoms with Gasteiger partial charge in [-0.2, -0.15) is 21.6 Å². The highest BCUT2D eigenvalue weighted by atomic mass is 32.2. The first-order valence-corrected chi connectivity index (χ1v) is 7.23. The minimum absolute atomic E-state index is 0.0141. The van der Waals surface area contributed by atoms with Crippen molar-refractivity contribution >= 4 is 21.9 Å². The first-order chi connectivity index (χ1) is 9.99. The van der Waals surface area contributed by atoms with Crippen molar-refractivity contribution in [2.45, 2.75) is 19.4 Å². The van der Waals surface area contributed by atoms with Crippen LogP contribution in [0.1, 0.15) is 34.6 Å². The zero-order valence-corrected chi connectivity index (χ0v) is 12.2. The number of alkyl halides is 3. The highest BCUT2D eigenvalue weighted by Gasteiger charge is 2.49. The molecule has 0 aromatic heterocycles. The minimum atomic E-state index is -5.95. The van der Waals surface area contributed by atoms with Crippen molar-refractivity contribution in [1.82, 2.24) is 0 Å². The molecular weight excluding hydrogens is 329 g/mol. The molecule has 122 valence electrons. The Balaban J connectivity index is 3.36. The van der Waals surface area contributed by atoms with Crippen molar-refractivity contribution in [1.29, 1.82) is 0 Å². The van der Waals surface area contributed by atoms with Crippen LogP contribution < -0.4 is 4.18 Å². The number of ether oxygens (including phenoxy) is 1. The average Bonchev–Trinajstić information content (AvgIpc) is 2.37. The van der Waals surface area contributed by atoms with Gasteiger partial charge in [-0.05, 0) is 32.0 Å².